The van der Waals surface area contributed by atoms with Crippen molar-refractivity contribution in [3.8, 4) is 0 Å². The van der Waals surface area contributed by atoms with E-state index in [2.05, 4.69) is 5.32 Å². The molecule has 0 amide bonds. The highest BCUT2D eigenvalue weighted by Gasteiger charge is 2.44. The fourth-order valence-electron chi connectivity index (χ4n) is 1.35. The summed E-state index contributed by atoms with van der Waals surface area (Å²) < 4.78 is 36.7. The van der Waals surface area contributed by atoms with E-state index in [1.165, 1.54) is 0 Å². The molecule has 0 aliphatic rings. The van der Waals surface area contributed by atoms with Crippen molar-refractivity contribution in [3.63, 3.8) is 0 Å². The summed E-state index contributed by atoms with van der Waals surface area (Å²) >= 11 is 0. The molecule has 2 N–H and O–H groups in total. The number of carbonyl (C=O) groups is 1. The van der Waals surface area contributed by atoms with Gasteiger partial charge in [0.2, 0.25) is 0 Å². The van der Waals surface area contributed by atoms with Gasteiger partial charge in [-0.3, -0.25) is 4.79 Å². The van der Waals surface area contributed by atoms with E-state index in [1.54, 1.807) is 0 Å². The molecule has 3 nitrogen and oxygen atoms in total. The fourth-order valence-corrected chi connectivity index (χ4v) is 1.35. The van der Waals surface area contributed by atoms with Gasteiger partial charge in [-0.1, -0.05) is 26.7 Å². The first-order valence-corrected chi connectivity index (χ1v) is 5.33. The number of aliphatic carboxylic acids is 1. The third-order valence-corrected chi connectivity index (χ3v) is 2.63. The average Bonchev–Trinajstić information content (AvgIpc) is 2.15. The lowest BCUT2D eigenvalue weighted by Gasteiger charge is -2.18. The Balaban J connectivity index is 4.09. The fraction of sp³-hybridized carbons (Fsp3) is 0.900. The van der Waals surface area contributed by atoms with Crippen LogP contribution in [0.5, 0.6) is 0 Å². The Morgan fingerprint density at radius 1 is 1.25 bits per heavy atom. The third-order valence-electron chi connectivity index (χ3n) is 2.63. The normalized spacial score (nSPS) is 14.1. The van der Waals surface area contributed by atoms with Gasteiger partial charge in [0.15, 0.2) is 5.92 Å². The number of nitrogens with one attached hydrogen (secondary N) is 1. The zero-order valence-corrected chi connectivity index (χ0v) is 9.47. The first-order chi connectivity index (χ1) is 7.32. The van der Waals surface area contributed by atoms with Crippen molar-refractivity contribution >= 4 is 5.97 Å². The molecule has 0 aromatic rings. The maximum atomic E-state index is 12.2. The summed E-state index contributed by atoms with van der Waals surface area (Å²) in [6, 6.07) is 0. The summed E-state index contributed by atoms with van der Waals surface area (Å²) in [5.74, 6) is -3.85. The van der Waals surface area contributed by atoms with E-state index >= 15 is 0 Å². The van der Waals surface area contributed by atoms with Crippen LogP contribution in [0.25, 0.3) is 0 Å². The minimum absolute atomic E-state index is 0.294. The first-order valence-electron chi connectivity index (χ1n) is 5.33. The molecular weight excluding hydrogens is 223 g/mol. The monoisotopic (exact) mass is 241 g/mol. The Hall–Kier alpha value is -0.780. The molecular formula is C10H18F3NO2. The molecule has 0 fully saturated rings. The van der Waals surface area contributed by atoms with E-state index in [-0.39, 0.29) is 0 Å². The van der Waals surface area contributed by atoms with E-state index in [0.29, 0.717) is 12.5 Å². The van der Waals surface area contributed by atoms with E-state index in [9.17, 15) is 18.0 Å². The van der Waals surface area contributed by atoms with Gasteiger partial charge in [-0.2, -0.15) is 13.2 Å². The van der Waals surface area contributed by atoms with Crippen LogP contribution >= 0.6 is 0 Å². The first kappa shape index (κ1) is 15.2. The van der Waals surface area contributed by atoms with Gasteiger partial charge in [0.25, 0.3) is 0 Å². The maximum Gasteiger partial charge on any atom is 0.403 e. The van der Waals surface area contributed by atoms with Gasteiger partial charge in [0.1, 0.15) is 0 Å². The Bertz CT molecular complexity index is 215. The number of halogens is 3. The number of carboxylic acids is 1. The highest BCUT2D eigenvalue weighted by atomic mass is 19.4. The largest absolute Gasteiger partial charge is 0.481 e. The van der Waals surface area contributed by atoms with Crippen LogP contribution < -0.4 is 5.32 Å². The quantitative estimate of drug-likeness (QED) is 0.719. The van der Waals surface area contributed by atoms with Gasteiger partial charge >= 0.3 is 12.1 Å². The molecule has 0 spiro atoms. The van der Waals surface area contributed by atoms with Crippen LogP contribution in [0.1, 0.15) is 26.7 Å². The van der Waals surface area contributed by atoms with E-state index in [0.717, 1.165) is 12.8 Å². The summed E-state index contributed by atoms with van der Waals surface area (Å²) in [7, 11) is 0. The summed E-state index contributed by atoms with van der Waals surface area (Å²) in [5, 5.41) is 11.0. The van der Waals surface area contributed by atoms with Crippen molar-refractivity contribution in [3.05, 3.63) is 0 Å². The molecule has 0 aliphatic carbocycles. The number of hydrogen-bond acceptors (Lipinski definition) is 2. The molecule has 96 valence electrons. The van der Waals surface area contributed by atoms with Crippen LogP contribution in [0.15, 0.2) is 0 Å². The predicted molar refractivity (Wildman–Crippen MR) is 54.1 cm³/mol. The van der Waals surface area contributed by atoms with E-state index < -0.39 is 24.6 Å². The number of carboxylic acid groups (broad SMARTS) is 1. The van der Waals surface area contributed by atoms with Gasteiger partial charge in [0, 0.05) is 6.54 Å². The van der Waals surface area contributed by atoms with Crippen molar-refractivity contribution in [1.82, 2.24) is 5.32 Å². The molecule has 0 rings (SSSR count). The maximum absolute atomic E-state index is 12.2. The highest BCUT2D eigenvalue weighted by molar-refractivity contribution is 5.71. The van der Waals surface area contributed by atoms with Crippen LogP contribution in [0, 0.1) is 11.8 Å². The summed E-state index contributed by atoms with van der Waals surface area (Å²) in [6.07, 6.45) is -2.95. The second kappa shape index (κ2) is 6.73. The minimum atomic E-state index is -4.69. The second-order valence-electron chi connectivity index (χ2n) is 3.77. The lowest BCUT2D eigenvalue weighted by molar-refractivity contribution is -0.192. The average molecular weight is 241 g/mol. The van der Waals surface area contributed by atoms with Gasteiger partial charge in [-0.15, -0.1) is 0 Å². The number of rotatable bonds is 7. The zero-order valence-electron chi connectivity index (χ0n) is 9.47. The second-order valence-corrected chi connectivity index (χ2v) is 3.77. The van der Waals surface area contributed by atoms with Crippen LogP contribution in [0.4, 0.5) is 13.2 Å². The molecule has 16 heavy (non-hydrogen) atoms. The summed E-state index contributed by atoms with van der Waals surface area (Å²) in [6.45, 7) is 3.77. The van der Waals surface area contributed by atoms with Gasteiger partial charge in [-0.25, -0.2) is 0 Å². The molecule has 0 aromatic heterocycles. The lowest BCUT2D eigenvalue weighted by atomic mass is 10.0. The zero-order chi connectivity index (χ0) is 12.8. The standard InChI is InChI=1S/C10H18F3NO2/c1-3-7(4-2)5-14-6-8(9(15)16)10(11,12)13/h7-8,14H,3-6H2,1-2H3,(H,15,16). The molecule has 0 bridgehead atoms. The SMILES string of the molecule is CCC(CC)CNCC(C(=O)O)C(F)(F)F. The van der Waals surface area contributed by atoms with Crippen molar-refractivity contribution in [2.24, 2.45) is 11.8 Å². The van der Waals surface area contributed by atoms with Crippen LogP contribution in [0.2, 0.25) is 0 Å². The van der Waals surface area contributed by atoms with Gasteiger partial charge < -0.3 is 10.4 Å². The summed E-state index contributed by atoms with van der Waals surface area (Å²) in [5.41, 5.74) is 0. The Morgan fingerprint density at radius 3 is 2.06 bits per heavy atom. The molecule has 0 aromatic carbocycles. The molecule has 1 unspecified atom stereocenters. The van der Waals surface area contributed by atoms with Crippen molar-refractivity contribution in [2.45, 2.75) is 32.9 Å². The molecule has 0 saturated carbocycles. The minimum Gasteiger partial charge on any atom is -0.481 e. The summed E-state index contributed by atoms with van der Waals surface area (Å²) in [4.78, 5) is 10.4. The van der Waals surface area contributed by atoms with Crippen LogP contribution in [0.3, 0.4) is 0 Å². The Labute approximate surface area is 93.0 Å². The van der Waals surface area contributed by atoms with E-state index in [1.807, 2.05) is 13.8 Å². The van der Waals surface area contributed by atoms with Gasteiger partial charge in [-0.05, 0) is 12.5 Å². The van der Waals surface area contributed by atoms with Gasteiger partial charge in [0.05, 0.1) is 0 Å². The predicted octanol–water partition coefficient (Wildman–Crippen LogP) is 2.28. The van der Waals surface area contributed by atoms with Crippen molar-refractivity contribution in [1.29, 1.82) is 0 Å². The Kier molecular flexibility index (Phi) is 6.40. The third kappa shape index (κ3) is 5.34. The lowest BCUT2D eigenvalue weighted by Crippen LogP contribution is -2.40. The van der Waals surface area contributed by atoms with Crippen molar-refractivity contribution < 1.29 is 23.1 Å². The van der Waals surface area contributed by atoms with E-state index in [4.69, 9.17) is 5.11 Å². The molecule has 1 atom stereocenters. The Morgan fingerprint density at radius 2 is 1.75 bits per heavy atom. The number of hydrogen-bond donors (Lipinski definition) is 2. The molecule has 0 aliphatic heterocycles. The molecule has 0 saturated heterocycles. The topological polar surface area (TPSA) is 49.3 Å². The molecule has 0 heterocycles. The van der Waals surface area contributed by atoms with Crippen LogP contribution in [-0.2, 0) is 4.79 Å². The van der Waals surface area contributed by atoms with Crippen molar-refractivity contribution in [2.75, 3.05) is 13.1 Å². The van der Waals surface area contributed by atoms with Crippen LogP contribution in [-0.4, -0.2) is 30.3 Å². The number of alkyl halides is 3. The molecule has 0 radical (unpaired) electrons. The smallest absolute Gasteiger partial charge is 0.403 e. The molecule has 6 heteroatoms. The highest BCUT2D eigenvalue weighted by Crippen LogP contribution is 2.25.